The Balaban J connectivity index is 2.78. The van der Waals surface area contributed by atoms with Crippen LogP contribution in [0.1, 0.15) is 60.8 Å². The lowest BCUT2D eigenvalue weighted by atomic mass is 9.75. The molecular formula is C17H36N2. The zero-order chi connectivity index (χ0) is 14.6. The minimum Gasteiger partial charge on any atom is -0.312 e. The first-order valence-corrected chi connectivity index (χ1v) is 8.33. The summed E-state index contributed by atoms with van der Waals surface area (Å²) in [4.78, 5) is 2.65. The van der Waals surface area contributed by atoms with Gasteiger partial charge in [-0.2, -0.15) is 0 Å². The van der Waals surface area contributed by atoms with Crippen LogP contribution in [0.2, 0.25) is 0 Å². The van der Waals surface area contributed by atoms with Crippen LogP contribution in [-0.4, -0.2) is 36.6 Å². The third-order valence-corrected chi connectivity index (χ3v) is 5.16. The van der Waals surface area contributed by atoms with E-state index in [-0.39, 0.29) is 0 Å². The first-order valence-electron chi connectivity index (χ1n) is 8.33. The monoisotopic (exact) mass is 268 g/mol. The predicted octanol–water partition coefficient (Wildman–Crippen LogP) is 3.77. The van der Waals surface area contributed by atoms with Crippen LogP contribution < -0.4 is 5.32 Å². The van der Waals surface area contributed by atoms with Gasteiger partial charge in [-0.3, -0.25) is 4.90 Å². The number of likely N-dealkylation sites (N-methyl/N-ethyl adjacent to an activating group) is 1. The molecule has 1 saturated carbocycles. The lowest BCUT2D eigenvalue weighted by molar-refractivity contribution is 0.0417. The van der Waals surface area contributed by atoms with Crippen molar-refractivity contribution in [2.24, 2.45) is 17.8 Å². The zero-order valence-corrected chi connectivity index (χ0v) is 14.2. The molecule has 19 heavy (non-hydrogen) atoms. The summed E-state index contributed by atoms with van der Waals surface area (Å²) in [5.74, 6) is 2.39. The molecule has 1 aliphatic carbocycles. The molecule has 0 aromatic heterocycles. The fourth-order valence-electron chi connectivity index (χ4n) is 3.80. The number of rotatable bonds is 6. The number of nitrogens with one attached hydrogen (secondary N) is 1. The summed E-state index contributed by atoms with van der Waals surface area (Å²) >= 11 is 0. The van der Waals surface area contributed by atoms with Crippen LogP contribution in [0, 0.1) is 17.8 Å². The zero-order valence-electron chi connectivity index (χ0n) is 14.2. The second kappa shape index (κ2) is 7.64. The van der Waals surface area contributed by atoms with E-state index in [1.807, 2.05) is 0 Å². The Labute approximate surface area is 121 Å². The highest BCUT2D eigenvalue weighted by Crippen LogP contribution is 2.33. The van der Waals surface area contributed by atoms with Gasteiger partial charge < -0.3 is 5.32 Å². The molecule has 0 saturated heterocycles. The van der Waals surface area contributed by atoms with Crippen LogP contribution in [0.3, 0.4) is 0 Å². The molecular weight excluding hydrogens is 232 g/mol. The van der Waals surface area contributed by atoms with E-state index in [9.17, 15) is 0 Å². The maximum absolute atomic E-state index is 3.82. The highest BCUT2D eigenvalue weighted by molar-refractivity contribution is 4.94. The van der Waals surface area contributed by atoms with Crippen molar-refractivity contribution in [2.75, 3.05) is 13.6 Å². The molecule has 1 fully saturated rings. The van der Waals surface area contributed by atoms with Gasteiger partial charge in [0.1, 0.15) is 0 Å². The van der Waals surface area contributed by atoms with Crippen molar-refractivity contribution in [2.45, 2.75) is 78.9 Å². The van der Waals surface area contributed by atoms with Crippen molar-refractivity contribution in [3.8, 4) is 0 Å². The summed E-state index contributed by atoms with van der Waals surface area (Å²) in [5.41, 5.74) is 0. The minimum absolute atomic E-state index is 0.659. The van der Waals surface area contributed by atoms with E-state index in [4.69, 9.17) is 0 Å². The molecule has 0 amide bonds. The fraction of sp³-hybridized carbons (Fsp3) is 1.00. The lowest BCUT2D eigenvalue weighted by Gasteiger charge is -2.47. The standard InChI is InChI=1S/C17H36N2/c1-8-9-18-16-11-13(4)10-14(5)17(16)19(7)15(6)12(2)3/h12-18H,8-11H2,1-7H3. The van der Waals surface area contributed by atoms with E-state index in [0.29, 0.717) is 18.1 Å². The second-order valence-corrected chi connectivity index (χ2v) is 7.26. The van der Waals surface area contributed by atoms with Crippen molar-refractivity contribution >= 4 is 0 Å². The Hall–Kier alpha value is -0.0800. The van der Waals surface area contributed by atoms with Crippen molar-refractivity contribution in [3.63, 3.8) is 0 Å². The molecule has 0 radical (unpaired) electrons. The molecule has 0 heterocycles. The number of hydrogen-bond donors (Lipinski definition) is 1. The van der Waals surface area contributed by atoms with Gasteiger partial charge in [0.15, 0.2) is 0 Å². The average Bonchev–Trinajstić information content (AvgIpc) is 2.33. The van der Waals surface area contributed by atoms with E-state index < -0.39 is 0 Å². The van der Waals surface area contributed by atoms with Crippen LogP contribution in [0.4, 0.5) is 0 Å². The van der Waals surface area contributed by atoms with Crippen LogP contribution in [-0.2, 0) is 0 Å². The molecule has 0 aromatic rings. The van der Waals surface area contributed by atoms with Crippen LogP contribution >= 0.6 is 0 Å². The molecule has 5 atom stereocenters. The molecule has 2 heteroatoms. The third-order valence-electron chi connectivity index (χ3n) is 5.16. The van der Waals surface area contributed by atoms with E-state index in [0.717, 1.165) is 24.3 Å². The molecule has 1 N–H and O–H groups in total. The summed E-state index contributed by atoms with van der Waals surface area (Å²) in [7, 11) is 2.34. The van der Waals surface area contributed by atoms with Crippen molar-refractivity contribution in [3.05, 3.63) is 0 Å². The SMILES string of the molecule is CCCNC1CC(C)CC(C)C1N(C)C(C)C(C)C. The smallest absolute Gasteiger partial charge is 0.0274 e. The summed E-state index contributed by atoms with van der Waals surface area (Å²) in [5, 5.41) is 3.82. The fourth-order valence-corrected chi connectivity index (χ4v) is 3.80. The normalized spacial score (nSPS) is 33.9. The molecule has 1 rings (SSSR count). The summed E-state index contributed by atoms with van der Waals surface area (Å²) in [6, 6.07) is 2.02. The van der Waals surface area contributed by atoms with E-state index >= 15 is 0 Å². The molecule has 5 unspecified atom stereocenters. The molecule has 1 aliphatic rings. The average molecular weight is 268 g/mol. The van der Waals surface area contributed by atoms with Gasteiger partial charge in [-0.05, 0) is 57.5 Å². The summed E-state index contributed by atoms with van der Waals surface area (Å²) in [6.45, 7) is 15.3. The summed E-state index contributed by atoms with van der Waals surface area (Å²) < 4.78 is 0. The Bertz CT molecular complexity index is 252. The third kappa shape index (κ3) is 4.46. The largest absolute Gasteiger partial charge is 0.312 e. The Kier molecular flexibility index (Phi) is 6.82. The van der Waals surface area contributed by atoms with Gasteiger partial charge in [0.2, 0.25) is 0 Å². The van der Waals surface area contributed by atoms with E-state index in [1.165, 1.54) is 19.3 Å². The Morgan fingerprint density at radius 2 is 1.79 bits per heavy atom. The van der Waals surface area contributed by atoms with Gasteiger partial charge in [0, 0.05) is 18.1 Å². The minimum atomic E-state index is 0.659. The van der Waals surface area contributed by atoms with Crippen molar-refractivity contribution in [1.82, 2.24) is 10.2 Å². The van der Waals surface area contributed by atoms with Gasteiger partial charge in [-0.1, -0.05) is 34.6 Å². The first-order chi connectivity index (χ1) is 8.88. The maximum atomic E-state index is 3.82. The first kappa shape index (κ1) is 17.0. The highest BCUT2D eigenvalue weighted by Gasteiger charge is 2.37. The van der Waals surface area contributed by atoms with Gasteiger partial charge >= 0.3 is 0 Å². The van der Waals surface area contributed by atoms with Crippen molar-refractivity contribution < 1.29 is 0 Å². The Morgan fingerprint density at radius 1 is 1.16 bits per heavy atom. The van der Waals surface area contributed by atoms with Crippen LogP contribution in [0.25, 0.3) is 0 Å². The van der Waals surface area contributed by atoms with E-state index in [1.54, 1.807) is 0 Å². The van der Waals surface area contributed by atoms with E-state index in [2.05, 4.69) is 58.8 Å². The molecule has 0 aromatic carbocycles. The molecule has 0 spiro atoms. The van der Waals surface area contributed by atoms with Gasteiger partial charge in [-0.15, -0.1) is 0 Å². The topological polar surface area (TPSA) is 15.3 Å². The molecule has 0 aliphatic heterocycles. The maximum Gasteiger partial charge on any atom is 0.0274 e. The predicted molar refractivity (Wildman–Crippen MR) is 85.5 cm³/mol. The van der Waals surface area contributed by atoms with Crippen molar-refractivity contribution in [1.29, 1.82) is 0 Å². The Morgan fingerprint density at radius 3 is 2.32 bits per heavy atom. The summed E-state index contributed by atoms with van der Waals surface area (Å²) in [6.07, 6.45) is 3.95. The number of hydrogen-bond acceptors (Lipinski definition) is 2. The van der Waals surface area contributed by atoms with Crippen LogP contribution in [0.15, 0.2) is 0 Å². The van der Waals surface area contributed by atoms with Gasteiger partial charge in [0.05, 0.1) is 0 Å². The quantitative estimate of drug-likeness (QED) is 0.789. The molecule has 0 bridgehead atoms. The highest BCUT2D eigenvalue weighted by atomic mass is 15.2. The van der Waals surface area contributed by atoms with Gasteiger partial charge in [0.25, 0.3) is 0 Å². The van der Waals surface area contributed by atoms with Crippen LogP contribution in [0.5, 0.6) is 0 Å². The second-order valence-electron chi connectivity index (χ2n) is 7.26. The molecule has 2 nitrogen and oxygen atoms in total. The van der Waals surface area contributed by atoms with Gasteiger partial charge in [-0.25, -0.2) is 0 Å². The molecule has 114 valence electrons. The lowest BCUT2D eigenvalue weighted by Crippen LogP contribution is -2.58. The number of nitrogens with zero attached hydrogens (tertiary/aromatic N) is 1.